The van der Waals surface area contributed by atoms with E-state index in [1.807, 2.05) is 43.1 Å². The van der Waals surface area contributed by atoms with Crippen LogP contribution >= 0.6 is 0 Å². The Morgan fingerprint density at radius 2 is 1.64 bits per heavy atom. The monoisotopic (exact) mass is 296 g/mol. The Kier molecular flexibility index (Phi) is 5.34. The van der Waals surface area contributed by atoms with Crippen molar-refractivity contribution in [2.45, 2.75) is 27.3 Å². The standard InChI is InChI=1S/C19H24N2O/c1-14-6-9-18(10-7-14)20-19(22)13-21(4)12-17-11-15(2)5-8-16(17)3/h5-11H,12-13H2,1-4H3,(H,20,22). The fourth-order valence-electron chi connectivity index (χ4n) is 2.40. The molecule has 0 radical (unpaired) electrons. The Morgan fingerprint density at radius 3 is 2.32 bits per heavy atom. The third kappa shape index (κ3) is 4.71. The van der Waals surface area contributed by atoms with E-state index >= 15 is 0 Å². The van der Waals surface area contributed by atoms with Crippen LogP contribution in [-0.4, -0.2) is 24.4 Å². The van der Waals surface area contributed by atoms with Crippen LogP contribution in [0, 0.1) is 20.8 Å². The number of nitrogens with zero attached hydrogens (tertiary/aromatic N) is 1. The maximum atomic E-state index is 12.1. The van der Waals surface area contributed by atoms with Crippen LogP contribution < -0.4 is 5.32 Å². The second-order valence-corrected chi connectivity index (χ2v) is 6.02. The van der Waals surface area contributed by atoms with E-state index in [2.05, 4.69) is 37.4 Å². The maximum Gasteiger partial charge on any atom is 0.238 e. The molecule has 1 N–H and O–H groups in total. The largest absolute Gasteiger partial charge is 0.325 e. The summed E-state index contributed by atoms with van der Waals surface area (Å²) in [5, 5.41) is 2.93. The number of amides is 1. The van der Waals surface area contributed by atoms with Gasteiger partial charge in [0.15, 0.2) is 0 Å². The first-order valence-electron chi connectivity index (χ1n) is 7.55. The maximum absolute atomic E-state index is 12.1. The average molecular weight is 296 g/mol. The van der Waals surface area contributed by atoms with Gasteiger partial charge in [-0.3, -0.25) is 9.69 Å². The van der Waals surface area contributed by atoms with E-state index in [4.69, 9.17) is 0 Å². The minimum atomic E-state index is 0.0108. The number of anilines is 1. The SMILES string of the molecule is Cc1ccc(NC(=O)CN(C)Cc2cc(C)ccc2C)cc1. The molecule has 0 atom stereocenters. The molecular formula is C19H24N2O. The number of rotatable bonds is 5. The molecule has 0 spiro atoms. The molecule has 0 bridgehead atoms. The van der Waals surface area contributed by atoms with Gasteiger partial charge >= 0.3 is 0 Å². The highest BCUT2D eigenvalue weighted by Crippen LogP contribution is 2.13. The van der Waals surface area contributed by atoms with Gasteiger partial charge in [-0.15, -0.1) is 0 Å². The van der Waals surface area contributed by atoms with Gasteiger partial charge in [0.25, 0.3) is 0 Å². The van der Waals surface area contributed by atoms with Gasteiger partial charge in [0.2, 0.25) is 5.91 Å². The molecule has 3 nitrogen and oxygen atoms in total. The van der Waals surface area contributed by atoms with Crippen molar-refractivity contribution in [3.8, 4) is 0 Å². The molecule has 0 heterocycles. The number of hydrogen-bond acceptors (Lipinski definition) is 2. The molecule has 22 heavy (non-hydrogen) atoms. The van der Waals surface area contributed by atoms with Gasteiger partial charge in [-0.1, -0.05) is 41.5 Å². The van der Waals surface area contributed by atoms with Gasteiger partial charge in [-0.2, -0.15) is 0 Å². The summed E-state index contributed by atoms with van der Waals surface area (Å²) in [5.74, 6) is 0.0108. The normalized spacial score (nSPS) is 10.8. The van der Waals surface area contributed by atoms with Crippen LogP contribution in [0.2, 0.25) is 0 Å². The molecular weight excluding hydrogens is 272 g/mol. The Labute approximate surface area is 133 Å². The molecule has 116 valence electrons. The predicted molar refractivity (Wildman–Crippen MR) is 92.1 cm³/mol. The molecule has 0 aliphatic carbocycles. The zero-order valence-corrected chi connectivity index (χ0v) is 13.8. The summed E-state index contributed by atoms with van der Waals surface area (Å²) in [6.07, 6.45) is 0. The molecule has 0 aliphatic rings. The quantitative estimate of drug-likeness (QED) is 0.913. The van der Waals surface area contributed by atoms with Crippen molar-refractivity contribution in [1.82, 2.24) is 4.90 Å². The van der Waals surface area contributed by atoms with Gasteiger partial charge < -0.3 is 5.32 Å². The molecule has 2 aromatic carbocycles. The second-order valence-electron chi connectivity index (χ2n) is 6.02. The van der Waals surface area contributed by atoms with Crippen molar-refractivity contribution >= 4 is 11.6 Å². The van der Waals surface area contributed by atoms with Crippen molar-refractivity contribution in [2.75, 3.05) is 18.9 Å². The van der Waals surface area contributed by atoms with E-state index in [-0.39, 0.29) is 5.91 Å². The van der Waals surface area contributed by atoms with Gasteiger partial charge in [-0.05, 0) is 51.1 Å². The van der Waals surface area contributed by atoms with Crippen LogP contribution in [0.3, 0.4) is 0 Å². The summed E-state index contributed by atoms with van der Waals surface area (Å²) in [5.41, 5.74) is 5.81. The Hall–Kier alpha value is -2.13. The highest BCUT2D eigenvalue weighted by Gasteiger charge is 2.09. The van der Waals surface area contributed by atoms with E-state index < -0.39 is 0 Å². The van der Waals surface area contributed by atoms with E-state index in [0.29, 0.717) is 6.54 Å². The van der Waals surface area contributed by atoms with Crippen molar-refractivity contribution < 1.29 is 4.79 Å². The number of aryl methyl sites for hydroxylation is 3. The molecule has 2 aromatic rings. The molecule has 0 aliphatic heterocycles. The van der Waals surface area contributed by atoms with E-state index in [9.17, 15) is 4.79 Å². The van der Waals surface area contributed by atoms with Crippen molar-refractivity contribution in [2.24, 2.45) is 0 Å². The van der Waals surface area contributed by atoms with Crippen LogP contribution in [0.4, 0.5) is 5.69 Å². The lowest BCUT2D eigenvalue weighted by molar-refractivity contribution is -0.117. The van der Waals surface area contributed by atoms with Crippen molar-refractivity contribution in [3.63, 3.8) is 0 Å². The first kappa shape index (κ1) is 16.2. The zero-order chi connectivity index (χ0) is 16.1. The van der Waals surface area contributed by atoms with Crippen molar-refractivity contribution in [3.05, 3.63) is 64.7 Å². The molecule has 2 rings (SSSR count). The molecule has 0 aromatic heterocycles. The summed E-state index contributed by atoms with van der Waals surface area (Å²) in [7, 11) is 1.97. The number of benzene rings is 2. The molecule has 3 heteroatoms. The summed E-state index contributed by atoms with van der Waals surface area (Å²) in [6, 6.07) is 14.3. The third-order valence-electron chi connectivity index (χ3n) is 3.69. The molecule has 0 saturated heterocycles. The van der Waals surface area contributed by atoms with Gasteiger partial charge in [-0.25, -0.2) is 0 Å². The predicted octanol–water partition coefficient (Wildman–Crippen LogP) is 3.68. The van der Waals surface area contributed by atoms with E-state index in [1.165, 1.54) is 22.3 Å². The fraction of sp³-hybridized carbons (Fsp3) is 0.316. The van der Waals surface area contributed by atoms with Crippen LogP contribution in [0.15, 0.2) is 42.5 Å². The van der Waals surface area contributed by atoms with Gasteiger partial charge in [0.05, 0.1) is 6.54 Å². The Morgan fingerprint density at radius 1 is 1.00 bits per heavy atom. The number of carbonyl (C=O) groups excluding carboxylic acids is 1. The molecule has 1 amide bonds. The zero-order valence-electron chi connectivity index (χ0n) is 13.8. The Bertz CT molecular complexity index is 647. The van der Waals surface area contributed by atoms with E-state index in [1.54, 1.807) is 0 Å². The van der Waals surface area contributed by atoms with Crippen molar-refractivity contribution in [1.29, 1.82) is 0 Å². The average Bonchev–Trinajstić information content (AvgIpc) is 2.45. The van der Waals surface area contributed by atoms with Crippen LogP contribution in [0.1, 0.15) is 22.3 Å². The topological polar surface area (TPSA) is 32.3 Å². The fourth-order valence-corrected chi connectivity index (χ4v) is 2.40. The first-order valence-corrected chi connectivity index (χ1v) is 7.55. The van der Waals surface area contributed by atoms with Crippen LogP contribution in [0.5, 0.6) is 0 Å². The van der Waals surface area contributed by atoms with Crippen LogP contribution in [0.25, 0.3) is 0 Å². The molecule has 0 saturated carbocycles. The Balaban J connectivity index is 1.91. The highest BCUT2D eigenvalue weighted by molar-refractivity contribution is 5.92. The smallest absolute Gasteiger partial charge is 0.238 e. The second kappa shape index (κ2) is 7.23. The number of nitrogens with one attached hydrogen (secondary N) is 1. The highest BCUT2D eigenvalue weighted by atomic mass is 16.2. The summed E-state index contributed by atoms with van der Waals surface area (Å²) < 4.78 is 0. The van der Waals surface area contributed by atoms with Gasteiger partial charge in [0.1, 0.15) is 0 Å². The summed E-state index contributed by atoms with van der Waals surface area (Å²) in [4.78, 5) is 14.1. The van der Waals surface area contributed by atoms with E-state index in [0.717, 1.165) is 12.2 Å². The number of hydrogen-bond donors (Lipinski definition) is 1. The van der Waals surface area contributed by atoms with Crippen LogP contribution in [-0.2, 0) is 11.3 Å². The minimum Gasteiger partial charge on any atom is -0.325 e. The lowest BCUT2D eigenvalue weighted by Crippen LogP contribution is -2.30. The number of likely N-dealkylation sites (N-methyl/N-ethyl adjacent to an activating group) is 1. The number of carbonyl (C=O) groups is 1. The lowest BCUT2D eigenvalue weighted by atomic mass is 10.1. The molecule has 0 unspecified atom stereocenters. The summed E-state index contributed by atoms with van der Waals surface area (Å²) >= 11 is 0. The first-order chi connectivity index (χ1) is 10.4. The summed E-state index contributed by atoms with van der Waals surface area (Å²) in [6.45, 7) is 7.38. The minimum absolute atomic E-state index is 0.0108. The third-order valence-corrected chi connectivity index (χ3v) is 3.69. The molecule has 0 fully saturated rings. The lowest BCUT2D eigenvalue weighted by Gasteiger charge is -2.18. The van der Waals surface area contributed by atoms with Gasteiger partial charge in [0, 0.05) is 12.2 Å².